The summed E-state index contributed by atoms with van der Waals surface area (Å²) in [5.74, 6) is -8.20. The van der Waals surface area contributed by atoms with Crippen LogP contribution in [0.4, 0.5) is 45.5 Å². The highest BCUT2D eigenvalue weighted by Crippen LogP contribution is 2.48. The van der Waals surface area contributed by atoms with Gasteiger partial charge in [0.2, 0.25) is 5.69 Å². The number of rotatable bonds is 18. The average molecular weight is 1250 g/mol. The Kier molecular flexibility index (Phi) is 16.5. The predicted molar refractivity (Wildman–Crippen MR) is 293 cm³/mol. The number of methoxy groups -OCH3 is 2. The molecule has 0 aliphatic carbocycles. The smallest absolute Gasteiger partial charge is 0.336 e. The Labute approximate surface area is 476 Å². The van der Waals surface area contributed by atoms with Crippen LogP contribution in [0.1, 0.15) is 41.4 Å². The topological polar surface area (TPSA) is 497 Å². The third-order valence-electron chi connectivity index (χ3n) is 12.0. The van der Waals surface area contributed by atoms with E-state index in [1.165, 1.54) is 30.3 Å². The molecule has 10 N–H and O–H groups in total. The van der Waals surface area contributed by atoms with Crippen LogP contribution >= 0.6 is 0 Å². The molecule has 2 amide bonds. The van der Waals surface area contributed by atoms with E-state index in [0.29, 0.717) is 36.4 Å². The number of carbonyl (C=O) groups excluding carboxylic acids is 2. The molecule has 0 heterocycles. The predicted octanol–water partition coefficient (Wildman–Crippen LogP) is 9.07. The van der Waals surface area contributed by atoms with Crippen molar-refractivity contribution in [1.29, 1.82) is 0 Å². The second-order valence-corrected chi connectivity index (χ2v) is 22.9. The lowest BCUT2D eigenvalue weighted by atomic mass is 10.0. The molecule has 0 saturated heterocycles. The summed E-state index contributed by atoms with van der Waals surface area (Å²) in [4.78, 5) is 46.4. The number of nitrogens with one attached hydrogen (secondary N) is 2. The van der Waals surface area contributed by atoms with E-state index in [9.17, 15) is 96.7 Å². The molecule has 0 unspecified atom stereocenters. The molecule has 438 valence electrons. The molecule has 0 fully saturated rings. The number of amides is 2. The number of aromatic hydroxyl groups is 2. The van der Waals surface area contributed by atoms with E-state index >= 15 is 0 Å². The normalized spacial score (nSPS) is 12.4. The fourth-order valence-electron chi connectivity index (χ4n) is 8.17. The minimum Gasteiger partial charge on any atom is -0.594 e. The van der Waals surface area contributed by atoms with Gasteiger partial charge in [-0.15, -0.1) is 20.5 Å². The molecule has 85 heavy (non-hydrogen) atoms. The number of azo groups is 3. The highest BCUT2D eigenvalue weighted by molar-refractivity contribution is 7.86. The number of carboxylic acids is 2. The number of phenolic OH excluding ortho intramolecular Hbond substituents is 2. The first-order valence-corrected chi connectivity index (χ1v) is 28.8. The molecule has 0 bridgehead atoms. The maximum atomic E-state index is 13.5. The van der Waals surface area contributed by atoms with Crippen LogP contribution in [0.5, 0.6) is 23.0 Å². The standard InChI is InChI=1S/C50H36N8O23S4/c1-80-37-19-25(11-13-33(37)53-55-43-39(84(74,75)76)17-23-15-27(82(68,69)70)21-35(41(23)45(43)59)51-47(61)29-7-3-5-9-31(29)49(63)64)57-58(67)26-12-14-34(38(20-26)81-2)54-56-44-40(85(77,78)79)18-24-16-28(83(71,72)73)22-36(42(24)46(44)60)52-48(62)30-8-4-6-10-32(30)50(65)66/h3-22,59-60H,1-2H3,(H,51,61)(H,52,62)(H,63,64)(H,65,66)(H,68,69,70)(H,71,72,73)(H,74,75,76)(H,77,78,79). The Balaban J connectivity index is 1.13. The Morgan fingerprint density at radius 2 is 0.882 bits per heavy atom. The number of hydrogen-bond donors (Lipinski definition) is 10. The molecule has 8 aromatic rings. The van der Waals surface area contributed by atoms with E-state index < -0.39 is 162 Å². The Bertz CT molecular complexity index is 4790. The van der Waals surface area contributed by atoms with Gasteiger partial charge in [0.15, 0.2) is 17.2 Å². The molecule has 8 rings (SSSR count). The summed E-state index contributed by atoms with van der Waals surface area (Å²) < 4.78 is 151. The number of carbonyl (C=O) groups is 4. The number of carboxylic acid groups (broad SMARTS) is 2. The molecule has 0 aromatic heterocycles. The van der Waals surface area contributed by atoms with E-state index in [0.717, 1.165) is 68.8 Å². The minimum absolute atomic E-state index is 0.0616. The van der Waals surface area contributed by atoms with Crippen molar-refractivity contribution in [3.05, 3.63) is 149 Å². The van der Waals surface area contributed by atoms with Gasteiger partial charge >= 0.3 is 11.9 Å². The number of hydrogen-bond acceptors (Lipinski definition) is 22. The average Bonchev–Trinajstić information content (AvgIpc) is 1.13. The number of benzene rings is 8. The van der Waals surface area contributed by atoms with Crippen LogP contribution in [-0.4, -0.2) is 115 Å². The van der Waals surface area contributed by atoms with Crippen LogP contribution in [0, 0.1) is 5.21 Å². The number of phenols is 2. The maximum absolute atomic E-state index is 13.5. The van der Waals surface area contributed by atoms with E-state index in [1.54, 1.807) is 0 Å². The lowest BCUT2D eigenvalue weighted by Gasteiger charge is -2.15. The van der Waals surface area contributed by atoms with E-state index in [2.05, 4.69) is 36.2 Å². The summed E-state index contributed by atoms with van der Waals surface area (Å²) in [5, 5.41) is 77.7. The molecule has 0 radical (unpaired) electrons. The lowest BCUT2D eigenvalue weighted by Crippen LogP contribution is -2.17. The summed E-state index contributed by atoms with van der Waals surface area (Å²) in [5.41, 5.74) is -6.15. The third kappa shape index (κ3) is 12.8. The highest BCUT2D eigenvalue weighted by atomic mass is 32.2. The molecule has 0 aliphatic heterocycles. The van der Waals surface area contributed by atoms with Crippen LogP contribution in [0.2, 0.25) is 0 Å². The molecule has 35 heteroatoms. The minimum atomic E-state index is -5.40. The number of nitrogens with zero attached hydrogens (tertiary/aromatic N) is 6. The Morgan fingerprint density at radius 3 is 1.26 bits per heavy atom. The van der Waals surface area contributed by atoms with E-state index in [-0.39, 0.29) is 39.1 Å². The van der Waals surface area contributed by atoms with Gasteiger partial charge in [-0.3, -0.25) is 27.8 Å². The van der Waals surface area contributed by atoms with Crippen LogP contribution in [-0.2, 0) is 40.5 Å². The second kappa shape index (κ2) is 23.1. The van der Waals surface area contributed by atoms with Crippen LogP contribution in [0.15, 0.2) is 166 Å². The second-order valence-electron chi connectivity index (χ2n) is 17.3. The lowest BCUT2D eigenvalue weighted by molar-refractivity contribution is -0.435. The van der Waals surface area contributed by atoms with Gasteiger partial charge < -0.3 is 45.7 Å². The first-order chi connectivity index (χ1) is 39.8. The first kappa shape index (κ1) is 60.7. The van der Waals surface area contributed by atoms with Crippen molar-refractivity contribution in [2.24, 2.45) is 25.6 Å². The fourth-order valence-corrected chi connectivity index (χ4v) is 10.6. The van der Waals surface area contributed by atoms with Crippen LogP contribution in [0.25, 0.3) is 21.5 Å². The van der Waals surface area contributed by atoms with Gasteiger partial charge in [0, 0.05) is 28.0 Å². The number of fused-ring (bicyclic) bond motifs is 2. The largest absolute Gasteiger partial charge is 0.594 e. The molecule has 0 spiro atoms. The Morgan fingerprint density at radius 1 is 0.494 bits per heavy atom. The number of ether oxygens (including phenoxy) is 2. The molecule has 0 aliphatic rings. The molecule has 8 aromatic carbocycles. The van der Waals surface area contributed by atoms with Gasteiger partial charge in [-0.1, -0.05) is 24.3 Å². The van der Waals surface area contributed by atoms with Gasteiger partial charge in [-0.05, 0) is 94.5 Å². The van der Waals surface area contributed by atoms with Gasteiger partial charge in [-0.2, -0.15) is 33.7 Å². The van der Waals surface area contributed by atoms with Crippen molar-refractivity contribution in [2.45, 2.75) is 19.6 Å². The van der Waals surface area contributed by atoms with E-state index in [1.807, 2.05) is 0 Å². The summed E-state index contributed by atoms with van der Waals surface area (Å²) in [6.45, 7) is 0. The zero-order valence-corrected chi connectivity index (χ0v) is 45.8. The van der Waals surface area contributed by atoms with Gasteiger partial charge in [-0.25, -0.2) is 9.59 Å². The monoisotopic (exact) mass is 1240 g/mol. The number of anilines is 2. The summed E-state index contributed by atoms with van der Waals surface area (Å²) in [7, 11) is -18.8. The SMILES string of the molecule is COc1cc(N=[N+]([O-])c2ccc(N=Nc3c(S(=O)(=O)O)cc4cc(S(=O)(=O)O)cc(NC(=O)c5ccccc5C(=O)O)c4c3O)c(OC)c2)ccc1N=Nc1c(S(=O)(=O)O)cc2cc(S(=O)(=O)O)cc(NC(=O)c3ccccc3C(=O)O)c2c1O. The molecule has 0 saturated carbocycles. The molecular weight excluding hydrogens is 1210 g/mol. The highest BCUT2D eigenvalue weighted by Gasteiger charge is 2.30. The van der Waals surface area contributed by atoms with Gasteiger partial charge in [0.25, 0.3) is 52.3 Å². The Hall–Kier alpha value is -10.4. The van der Waals surface area contributed by atoms with Gasteiger partial charge in [0.05, 0.1) is 63.7 Å². The molecule has 31 nitrogen and oxygen atoms in total. The quantitative estimate of drug-likeness (QED) is 0.0166. The molecule has 0 atom stereocenters. The van der Waals surface area contributed by atoms with Crippen molar-refractivity contribution < 1.29 is 106 Å². The molecular formula is C50H36N8O23S4. The van der Waals surface area contributed by atoms with Crippen LogP contribution in [0.3, 0.4) is 0 Å². The van der Waals surface area contributed by atoms with E-state index in [4.69, 9.17) is 9.47 Å². The van der Waals surface area contributed by atoms with Crippen molar-refractivity contribution in [2.75, 3.05) is 24.9 Å². The zero-order valence-electron chi connectivity index (χ0n) is 42.6. The van der Waals surface area contributed by atoms with Crippen molar-refractivity contribution in [1.82, 2.24) is 0 Å². The van der Waals surface area contributed by atoms with Crippen LogP contribution < -0.4 is 20.1 Å². The van der Waals surface area contributed by atoms with Crippen molar-refractivity contribution >= 4 is 131 Å². The summed E-state index contributed by atoms with van der Waals surface area (Å²) >= 11 is 0. The van der Waals surface area contributed by atoms with Crippen molar-refractivity contribution in [3.8, 4) is 23.0 Å². The van der Waals surface area contributed by atoms with Crippen molar-refractivity contribution in [3.63, 3.8) is 0 Å². The summed E-state index contributed by atoms with van der Waals surface area (Å²) in [6, 6.07) is 20.2. The zero-order chi connectivity index (χ0) is 62.2. The number of aromatic carboxylic acids is 2. The maximum Gasteiger partial charge on any atom is 0.336 e. The fraction of sp³-hybridized carbons (Fsp3) is 0.0400. The van der Waals surface area contributed by atoms with Gasteiger partial charge in [0.1, 0.15) is 44.0 Å². The third-order valence-corrected chi connectivity index (χ3v) is 15.4. The first-order valence-electron chi connectivity index (χ1n) is 23.0. The summed E-state index contributed by atoms with van der Waals surface area (Å²) in [6.07, 6.45) is 0.